The van der Waals surface area contributed by atoms with Gasteiger partial charge in [0.25, 0.3) is 5.91 Å². The molecule has 136 valence electrons. The molecule has 0 unspecified atom stereocenters. The zero-order valence-corrected chi connectivity index (χ0v) is 15.5. The second kappa shape index (κ2) is 8.71. The number of nitrogens with zero attached hydrogens (tertiary/aromatic N) is 3. The van der Waals surface area contributed by atoms with Crippen LogP contribution in [0.3, 0.4) is 0 Å². The molecule has 0 radical (unpaired) electrons. The summed E-state index contributed by atoms with van der Waals surface area (Å²) < 4.78 is 3.83. The molecule has 0 saturated carbocycles. The molecule has 6 nitrogen and oxygen atoms in total. The minimum absolute atomic E-state index is 0.0192. The minimum Gasteiger partial charge on any atom is -0.352 e. The molecule has 1 aromatic carbocycles. The van der Waals surface area contributed by atoms with Crippen molar-refractivity contribution in [3.05, 3.63) is 52.5 Å². The van der Waals surface area contributed by atoms with Gasteiger partial charge in [0.05, 0.1) is 5.69 Å². The topological polar surface area (TPSA) is 75.2 Å². The van der Waals surface area contributed by atoms with Crippen LogP contribution in [0.4, 0.5) is 0 Å². The molecule has 1 fully saturated rings. The fourth-order valence-electron chi connectivity index (χ4n) is 2.95. The van der Waals surface area contributed by atoms with Crippen LogP contribution in [0.1, 0.15) is 33.8 Å². The number of hydrogen-bond acceptors (Lipinski definition) is 5. The summed E-state index contributed by atoms with van der Waals surface area (Å²) >= 11 is 1.15. The largest absolute Gasteiger partial charge is 0.352 e. The molecule has 7 heteroatoms. The molecule has 1 aliphatic heterocycles. The number of carbonyl (C=O) groups excluding carboxylic acids is 2. The predicted octanol–water partition coefficient (Wildman–Crippen LogP) is 2.53. The number of rotatable bonds is 5. The van der Waals surface area contributed by atoms with Gasteiger partial charge < -0.3 is 10.2 Å². The third-order valence-corrected chi connectivity index (χ3v) is 5.36. The van der Waals surface area contributed by atoms with Crippen LogP contribution in [0.5, 0.6) is 0 Å². The first-order valence-electron chi connectivity index (χ1n) is 8.72. The third-order valence-electron chi connectivity index (χ3n) is 4.54. The maximum atomic E-state index is 12.5. The van der Waals surface area contributed by atoms with E-state index in [0.717, 1.165) is 29.9 Å². The summed E-state index contributed by atoms with van der Waals surface area (Å²) in [5.74, 6) is 0.332. The molecule has 1 aliphatic rings. The van der Waals surface area contributed by atoms with E-state index in [1.165, 1.54) is 0 Å². The Balaban J connectivity index is 1.41. The van der Waals surface area contributed by atoms with Crippen LogP contribution in [0, 0.1) is 12.8 Å². The van der Waals surface area contributed by atoms with E-state index in [1.54, 1.807) is 6.08 Å². The molecule has 1 N–H and O–H groups in total. The Bertz CT molecular complexity index is 780. The quantitative estimate of drug-likeness (QED) is 0.821. The van der Waals surface area contributed by atoms with Gasteiger partial charge in [-0.3, -0.25) is 9.59 Å². The first-order valence-corrected chi connectivity index (χ1v) is 9.50. The van der Waals surface area contributed by atoms with Crippen molar-refractivity contribution in [3.8, 4) is 0 Å². The van der Waals surface area contributed by atoms with E-state index in [1.807, 2.05) is 48.2 Å². The summed E-state index contributed by atoms with van der Waals surface area (Å²) in [4.78, 5) is 26.9. The normalized spacial score (nSPS) is 15.3. The lowest BCUT2D eigenvalue weighted by Gasteiger charge is -2.31. The number of aryl methyl sites for hydroxylation is 1. The Labute approximate surface area is 157 Å². The van der Waals surface area contributed by atoms with Crippen molar-refractivity contribution in [2.24, 2.45) is 5.92 Å². The number of hydrogen-bond donors (Lipinski definition) is 1. The number of likely N-dealkylation sites (tertiary alicyclic amines) is 1. The van der Waals surface area contributed by atoms with Crippen LogP contribution in [0.25, 0.3) is 6.08 Å². The summed E-state index contributed by atoms with van der Waals surface area (Å²) in [5, 5.41) is 6.86. The average molecular weight is 370 g/mol. The van der Waals surface area contributed by atoms with Crippen molar-refractivity contribution in [3.63, 3.8) is 0 Å². The van der Waals surface area contributed by atoms with Gasteiger partial charge in [-0.2, -0.15) is 0 Å². The molecule has 2 heterocycles. The minimum atomic E-state index is -0.0845. The lowest BCUT2D eigenvalue weighted by atomic mass is 9.96. The van der Waals surface area contributed by atoms with E-state index >= 15 is 0 Å². The van der Waals surface area contributed by atoms with Crippen molar-refractivity contribution in [2.75, 3.05) is 19.6 Å². The van der Waals surface area contributed by atoms with Crippen LogP contribution in [0.2, 0.25) is 0 Å². The van der Waals surface area contributed by atoms with Gasteiger partial charge in [-0.25, -0.2) is 0 Å². The Morgan fingerprint density at radius 1 is 1.27 bits per heavy atom. The first-order chi connectivity index (χ1) is 12.6. The molecule has 1 saturated heterocycles. The molecule has 2 amide bonds. The lowest BCUT2D eigenvalue weighted by Crippen LogP contribution is -2.41. The molecule has 0 aliphatic carbocycles. The highest BCUT2D eigenvalue weighted by molar-refractivity contribution is 7.07. The highest BCUT2D eigenvalue weighted by Gasteiger charge is 2.26. The molecular formula is C19H22N4O2S. The van der Waals surface area contributed by atoms with E-state index in [-0.39, 0.29) is 11.8 Å². The number of amides is 2. The summed E-state index contributed by atoms with van der Waals surface area (Å²) in [6.07, 6.45) is 5.15. The molecule has 2 aromatic rings. The van der Waals surface area contributed by atoms with Gasteiger partial charge in [0.1, 0.15) is 4.88 Å². The van der Waals surface area contributed by atoms with Crippen LogP contribution >= 0.6 is 11.5 Å². The van der Waals surface area contributed by atoms with Gasteiger partial charge in [-0.1, -0.05) is 34.8 Å². The molecule has 3 rings (SSSR count). The fraction of sp³-hybridized carbons (Fsp3) is 0.368. The van der Waals surface area contributed by atoms with Crippen LogP contribution in [-0.2, 0) is 4.79 Å². The maximum Gasteiger partial charge on any atom is 0.267 e. The second-order valence-corrected chi connectivity index (χ2v) is 7.17. The van der Waals surface area contributed by atoms with E-state index in [2.05, 4.69) is 14.9 Å². The SMILES string of the molecule is Cc1nnsc1C(=O)N1CCC(CNC(=O)C=Cc2ccccc2)CC1. The smallest absolute Gasteiger partial charge is 0.267 e. The average Bonchev–Trinajstić information content (AvgIpc) is 3.11. The van der Waals surface area contributed by atoms with Crippen molar-refractivity contribution in [2.45, 2.75) is 19.8 Å². The van der Waals surface area contributed by atoms with Crippen LogP contribution in [-0.4, -0.2) is 45.9 Å². The Kier molecular flexibility index (Phi) is 6.12. The molecule has 26 heavy (non-hydrogen) atoms. The Hall–Kier alpha value is -2.54. The number of benzene rings is 1. The van der Waals surface area contributed by atoms with Crippen molar-refractivity contribution in [1.82, 2.24) is 19.8 Å². The van der Waals surface area contributed by atoms with Gasteiger partial charge in [-0.05, 0) is 48.9 Å². The van der Waals surface area contributed by atoms with Crippen LogP contribution < -0.4 is 5.32 Å². The number of piperidine rings is 1. The maximum absolute atomic E-state index is 12.5. The van der Waals surface area contributed by atoms with Gasteiger partial charge >= 0.3 is 0 Å². The number of carbonyl (C=O) groups is 2. The van der Waals surface area contributed by atoms with E-state index in [4.69, 9.17) is 0 Å². The molecule has 0 bridgehead atoms. The van der Waals surface area contributed by atoms with Gasteiger partial charge in [0.2, 0.25) is 5.91 Å². The summed E-state index contributed by atoms with van der Waals surface area (Å²) in [6.45, 7) is 3.86. The highest BCUT2D eigenvalue weighted by Crippen LogP contribution is 2.20. The van der Waals surface area contributed by atoms with Crippen molar-refractivity contribution >= 4 is 29.4 Å². The fourth-order valence-corrected chi connectivity index (χ4v) is 3.58. The van der Waals surface area contributed by atoms with E-state index in [0.29, 0.717) is 36.1 Å². The van der Waals surface area contributed by atoms with Crippen LogP contribution in [0.15, 0.2) is 36.4 Å². The first kappa shape index (κ1) is 18.3. The summed E-state index contributed by atoms with van der Waals surface area (Å²) in [5.41, 5.74) is 1.70. The second-order valence-electron chi connectivity index (χ2n) is 6.41. The third kappa shape index (κ3) is 4.76. The zero-order chi connectivity index (χ0) is 18.4. The van der Waals surface area contributed by atoms with Gasteiger partial charge in [0.15, 0.2) is 0 Å². The highest BCUT2D eigenvalue weighted by atomic mass is 32.1. The van der Waals surface area contributed by atoms with Gasteiger partial charge in [-0.15, -0.1) is 5.10 Å². The molecule has 0 spiro atoms. The predicted molar refractivity (Wildman–Crippen MR) is 102 cm³/mol. The summed E-state index contributed by atoms with van der Waals surface area (Å²) in [7, 11) is 0. The zero-order valence-electron chi connectivity index (χ0n) is 14.7. The number of nitrogens with one attached hydrogen (secondary N) is 1. The van der Waals surface area contributed by atoms with Crippen molar-refractivity contribution < 1.29 is 9.59 Å². The Morgan fingerprint density at radius 3 is 2.65 bits per heavy atom. The summed E-state index contributed by atoms with van der Waals surface area (Å²) in [6, 6.07) is 9.74. The monoisotopic (exact) mass is 370 g/mol. The Morgan fingerprint density at radius 2 is 2.00 bits per heavy atom. The van der Waals surface area contributed by atoms with E-state index in [9.17, 15) is 9.59 Å². The molecular weight excluding hydrogens is 348 g/mol. The number of aromatic nitrogens is 2. The standard InChI is InChI=1S/C19H22N4O2S/c1-14-18(26-22-21-14)19(25)23-11-9-16(10-12-23)13-20-17(24)8-7-15-5-3-2-4-6-15/h2-8,16H,9-13H2,1H3,(H,20,24). The van der Waals surface area contributed by atoms with E-state index < -0.39 is 0 Å². The van der Waals surface area contributed by atoms with Gasteiger partial charge in [0, 0.05) is 25.7 Å². The van der Waals surface area contributed by atoms with Crippen molar-refractivity contribution in [1.29, 1.82) is 0 Å². The molecule has 0 atom stereocenters. The lowest BCUT2D eigenvalue weighted by molar-refractivity contribution is -0.116. The molecule has 1 aromatic heterocycles.